The molecule has 50 heavy (non-hydrogen) atoms. The first kappa shape index (κ1) is 36.5. The molecule has 3 N–H and O–H groups in total. The monoisotopic (exact) mass is 688 g/mol. The van der Waals surface area contributed by atoms with Gasteiger partial charge in [0.15, 0.2) is 11.5 Å². The molecular weight excluding hydrogens is 640 g/mol. The van der Waals surface area contributed by atoms with Crippen LogP contribution in [0.2, 0.25) is 0 Å². The Kier molecular flexibility index (Phi) is 12.6. The minimum Gasteiger partial charge on any atom is -0.490 e. The summed E-state index contributed by atoms with van der Waals surface area (Å²) in [6.07, 6.45) is 1.96. The highest BCUT2D eigenvalue weighted by molar-refractivity contribution is 6.00. The second kappa shape index (κ2) is 17.2. The van der Waals surface area contributed by atoms with E-state index in [-0.39, 0.29) is 68.3 Å². The van der Waals surface area contributed by atoms with Crippen molar-refractivity contribution in [3.63, 3.8) is 0 Å². The Balaban J connectivity index is 1.35. The van der Waals surface area contributed by atoms with E-state index in [0.717, 1.165) is 24.8 Å². The standard InChI is InChI=1S/C38H48N4O8/c1-25-21-42(26(2)23-43)37(45)31-19-29(39-36(44)18-28-11-6-5-7-12-28)13-15-32(31)50-27(3)10-8-9-17-47-35(25)22-41(4)38(46)40-30-14-16-33-34(20-30)49-24-48-33/h5-7,11-16,19-20,25-27,35,43H,8-10,17-18,21-24H2,1-4H3,(H,39,44)(H,40,46)/t25-,26-,27-,35-/m1/s1. The number of hydrogen-bond donors (Lipinski definition) is 3. The van der Waals surface area contributed by atoms with Gasteiger partial charge in [0.1, 0.15) is 5.75 Å². The minimum absolute atomic E-state index is 0.141. The van der Waals surface area contributed by atoms with Crippen LogP contribution in [0.4, 0.5) is 16.2 Å². The lowest BCUT2D eigenvalue weighted by Gasteiger charge is -2.35. The number of nitrogens with one attached hydrogen (secondary N) is 2. The largest absolute Gasteiger partial charge is 0.490 e. The molecule has 0 saturated carbocycles. The summed E-state index contributed by atoms with van der Waals surface area (Å²) in [5.74, 6) is 0.829. The van der Waals surface area contributed by atoms with Gasteiger partial charge >= 0.3 is 6.03 Å². The van der Waals surface area contributed by atoms with Gasteiger partial charge < -0.3 is 44.5 Å². The average molecular weight is 689 g/mol. The van der Waals surface area contributed by atoms with Crippen LogP contribution < -0.4 is 24.8 Å². The van der Waals surface area contributed by atoms with Gasteiger partial charge in [-0.2, -0.15) is 0 Å². The normalized spacial score (nSPS) is 20.1. The number of rotatable bonds is 8. The lowest BCUT2D eigenvalue weighted by Crippen LogP contribution is -2.48. The molecule has 3 aromatic rings. The highest BCUT2D eigenvalue weighted by Crippen LogP contribution is 2.34. The summed E-state index contributed by atoms with van der Waals surface area (Å²) in [6, 6.07) is 18.9. The average Bonchev–Trinajstić information content (AvgIpc) is 3.58. The molecule has 5 rings (SSSR count). The first-order valence-corrected chi connectivity index (χ1v) is 17.2. The zero-order valence-corrected chi connectivity index (χ0v) is 29.2. The van der Waals surface area contributed by atoms with Gasteiger partial charge in [0, 0.05) is 50.1 Å². The summed E-state index contributed by atoms with van der Waals surface area (Å²) in [7, 11) is 1.70. The molecular formula is C38H48N4O8. The fourth-order valence-electron chi connectivity index (χ4n) is 6.00. The molecule has 4 amide bonds. The molecule has 12 nitrogen and oxygen atoms in total. The van der Waals surface area contributed by atoms with E-state index in [2.05, 4.69) is 10.6 Å². The zero-order chi connectivity index (χ0) is 35.6. The molecule has 4 atom stereocenters. The molecule has 2 aliphatic heterocycles. The fraction of sp³-hybridized carbons (Fsp3) is 0.447. The van der Waals surface area contributed by atoms with Gasteiger partial charge in [-0.15, -0.1) is 0 Å². The maximum absolute atomic E-state index is 14.4. The van der Waals surface area contributed by atoms with Crippen molar-refractivity contribution >= 4 is 29.2 Å². The molecule has 0 spiro atoms. The predicted molar refractivity (Wildman–Crippen MR) is 190 cm³/mol. The van der Waals surface area contributed by atoms with Gasteiger partial charge in [0.05, 0.1) is 36.8 Å². The lowest BCUT2D eigenvalue weighted by molar-refractivity contribution is -0.115. The van der Waals surface area contributed by atoms with E-state index in [9.17, 15) is 19.5 Å². The molecule has 0 bridgehead atoms. The minimum atomic E-state index is -0.535. The number of amides is 4. The zero-order valence-electron chi connectivity index (χ0n) is 29.2. The summed E-state index contributed by atoms with van der Waals surface area (Å²) in [5.41, 5.74) is 2.21. The van der Waals surface area contributed by atoms with E-state index in [0.29, 0.717) is 35.2 Å². The molecule has 0 saturated heterocycles. The summed E-state index contributed by atoms with van der Waals surface area (Å²) in [4.78, 5) is 43.7. The Labute approximate surface area is 293 Å². The molecule has 2 heterocycles. The third kappa shape index (κ3) is 9.66. The molecule has 0 aliphatic carbocycles. The van der Waals surface area contributed by atoms with Crippen LogP contribution >= 0.6 is 0 Å². The maximum atomic E-state index is 14.4. The summed E-state index contributed by atoms with van der Waals surface area (Å²) < 4.78 is 23.5. The van der Waals surface area contributed by atoms with Gasteiger partial charge in [-0.25, -0.2) is 4.79 Å². The Hall–Kier alpha value is -4.81. The topological polar surface area (TPSA) is 139 Å². The number of fused-ring (bicyclic) bond motifs is 2. The first-order valence-electron chi connectivity index (χ1n) is 17.2. The summed E-state index contributed by atoms with van der Waals surface area (Å²) in [6.45, 7) is 6.58. The summed E-state index contributed by atoms with van der Waals surface area (Å²) in [5, 5.41) is 16.1. The Morgan fingerprint density at radius 3 is 2.44 bits per heavy atom. The smallest absolute Gasteiger partial charge is 0.321 e. The van der Waals surface area contributed by atoms with Crippen molar-refractivity contribution in [1.82, 2.24) is 9.80 Å². The molecule has 0 unspecified atom stereocenters. The van der Waals surface area contributed by atoms with Crippen molar-refractivity contribution in [2.24, 2.45) is 5.92 Å². The van der Waals surface area contributed by atoms with E-state index in [1.54, 1.807) is 60.2 Å². The third-order valence-corrected chi connectivity index (χ3v) is 8.97. The van der Waals surface area contributed by atoms with Crippen LogP contribution in [0, 0.1) is 5.92 Å². The molecule has 3 aromatic carbocycles. The maximum Gasteiger partial charge on any atom is 0.321 e. The Morgan fingerprint density at radius 1 is 0.960 bits per heavy atom. The quantitative estimate of drug-likeness (QED) is 0.280. The molecule has 0 radical (unpaired) electrons. The number of nitrogens with zero attached hydrogens (tertiary/aromatic N) is 2. The number of benzene rings is 3. The molecule has 0 fully saturated rings. The van der Waals surface area contributed by atoms with Gasteiger partial charge in [-0.05, 0) is 69.0 Å². The molecule has 12 heteroatoms. The van der Waals surface area contributed by atoms with Crippen LogP contribution in [-0.4, -0.2) is 91.1 Å². The lowest BCUT2D eigenvalue weighted by atomic mass is 10.0. The highest BCUT2D eigenvalue weighted by Gasteiger charge is 2.31. The fourth-order valence-corrected chi connectivity index (χ4v) is 6.00. The predicted octanol–water partition coefficient (Wildman–Crippen LogP) is 5.56. The van der Waals surface area contributed by atoms with Crippen molar-refractivity contribution in [1.29, 1.82) is 0 Å². The molecule has 268 valence electrons. The number of carbonyl (C=O) groups is 3. The Morgan fingerprint density at radius 2 is 1.68 bits per heavy atom. The van der Waals surface area contributed by atoms with Gasteiger partial charge in [0.25, 0.3) is 5.91 Å². The van der Waals surface area contributed by atoms with Crippen LogP contribution in [0.25, 0.3) is 0 Å². The molecule has 2 aliphatic rings. The third-order valence-electron chi connectivity index (χ3n) is 8.97. The molecule has 0 aromatic heterocycles. The number of aliphatic hydroxyl groups excluding tert-OH is 1. The van der Waals surface area contributed by atoms with Crippen LogP contribution in [0.3, 0.4) is 0 Å². The van der Waals surface area contributed by atoms with Gasteiger partial charge in [-0.3, -0.25) is 9.59 Å². The van der Waals surface area contributed by atoms with Gasteiger partial charge in [0.2, 0.25) is 12.7 Å². The van der Waals surface area contributed by atoms with Crippen molar-refractivity contribution in [3.05, 3.63) is 77.9 Å². The van der Waals surface area contributed by atoms with Crippen LogP contribution in [0.1, 0.15) is 56.0 Å². The number of carbonyl (C=O) groups excluding carboxylic acids is 3. The van der Waals surface area contributed by atoms with Crippen LogP contribution in [0.15, 0.2) is 66.7 Å². The van der Waals surface area contributed by atoms with E-state index in [1.165, 1.54) is 0 Å². The van der Waals surface area contributed by atoms with E-state index < -0.39 is 12.1 Å². The van der Waals surface area contributed by atoms with E-state index in [1.807, 2.05) is 44.2 Å². The number of anilines is 2. The van der Waals surface area contributed by atoms with Gasteiger partial charge in [-0.1, -0.05) is 37.3 Å². The van der Waals surface area contributed by atoms with Crippen molar-refractivity contribution in [2.45, 2.75) is 64.7 Å². The van der Waals surface area contributed by atoms with E-state index in [4.69, 9.17) is 18.9 Å². The number of aliphatic hydroxyl groups is 1. The number of hydrogen-bond acceptors (Lipinski definition) is 8. The number of ether oxygens (including phenoxy) is 4. The Bertz CT molecular complexity index is 1620. The first-order chi connectivity index (χ1) is 24.1. The highest BCUT2D eigenvalue weighted by atomic mass is 16.7. The van der Waals surface area contributed by atoms with Crippen molar-refractivity contribution < 1.29 is 38.4 Å². The van der Waals surface area contributed by atoms with E-state index >= 15 is 0 Å². The van der Waals surface area contributed by atoms with Crippen LogP contribution in [0.5, 0.6) is 17.2 Å². The summed E-state index contributed by atoms with van der Waals surface area (Å²) >= 11 is 0. The number of urea groups is 1. The SMILES string of the molecule is C[C@@H]1CCCCO[C@H](CN(C)C(=O)Nc2ccc3c(c2)OCO3)[C@H](C)CN([C@H](C)CO)C(=O)c2cc(NC(=O)Cc3ccccc3)ccc2O1. The van der Waals surface area contributed by atoms with Crippen LogP contribution in [-0.2, 0) is 16.0 Å². The van der Waals surface area contributed by atoms with Crippen molar-refractivity contribution in [3.8, 4) is 17.2 Å². The second-order valence-electron chi connectivity index (χ2n) is 13.1. The number of likely N-dealkylation sites (N-methyl/N-ethyl adjacent to an activating group) is 1. The van der Waals surface area contributed by atoms with Crippen molar-refractivity contribution in [2.75, 3.05) is 50.8 Å². The second-order valence-corrected chi connectivity index (χ2v) is 13.1.